The summed E-state index contributed by atoms with van der Waals surface area (Å²) in [5, 5.41) is 12.8. The summed E-state index contributed by atoms with van der Waals surface area (Å²) in [5.74, 6) is -3.44. The van der Waals surface area contributed by atoms with E-state index in [2.05, 4.69) is 11.7 Å². The van der Waals surface area contributed by atoms with Crippen LogP contribution in [-0.2, 0) is 29.7 Å². The zero-order valence-electron chi connectivity index (χ0n) is 25.8. The van der Waals surface area contributed by atoms with Crippen LogP contribution in [0, 0.1) is 11.6 Å². The monoisotopic (exact) mass is 658 g/mol. The molecular formula is C34H29F3N6O3S. The van der Waals surface area contributed by atoms with Gasteiger partial charge in [0, 0.05) is 58.9 Å². The van der Waals surface area contributed by atoms with Crippen LogP contribution in [0.3, 0.4) is 0 Å². The third kappa shape index (κ3) is 5.34. The number of thiophene rings is 1. The molecule has 1 aliphatic rings. The maximum atomic E-state index is 16.0. The Balaban J connectivity index is 1.48. The van der Waals surface area contributed by atoms with Gasteiger partial charge in [-0.25, -0.2) is 18.2 Å². The van der Waals surface area contributed by atoms with Crippen molar-refractivity contribution in [3.63, 3.8) is 0 Å². The molecule has 4 aromatic heterocycles. The van der Waals surface area contributed by atoms with Crippen LogP contribution in [0.15, 0.2) is 66.4 Å². The first-order valence-electron chi connectivity index (χ1n) is 14.8. The highest BCUT2D eigenvalue weighted by molar-refractivity contribution is 7.18. The van der Waals surface area contributed by atoms with Crippen molar-refractivity contribution >= 4 is 38.2 Å². The van der Waals surface area contributed by atoms with Crippen molar-refractivity contribution in [3.8, 4) is 39.5 Å². The average Bonchev–Trinajstić information content (AvgIpc) is 3.78. The smallest absolute Gasteiger partial charge is 0.282 e. The van der Waals surface area contributed by atoms with Gasteiger partial charge in [0.15, 0.2) is 5.83 Å². The number of methoxy groups -OCH3 is 1. The zero-order chi connectivity index (χ0) is 33.0. The molecule has 0 aliphatic carbocycles. The maximum Gasteiger partial charge on any atom is 0.282 e. The van der Waals surface area contributed by atoms with Gasteiger partial charge in [-0.2, -0.15) is 10.2 Å². The lowest BCUT2D eigenvalue weighted by atomic mass is 9.96. The number of aromatic nitrogens is 5. The molecule has 9 nitrogen and oxygen atoms in total. The fourth-order valence-electron chi connectivity index (χ4n) is 6.08. The summed E-state index contributed by atoms with van der Waals surface area (Å²) in [7, 11) is 3.38. The summed E-state index contributed by atoms with van der Waals surface area (Å²) >= 11 is 1.39. The van der Waals surface area contributed by atoms with Crippen LogP contribution in [0.2, 0.25) is 0 Å². The molecule has 7 rings (SSSR count). The van der Waals surface area contributed by atoms with Crippen molar-refractivity contribution in [2.24, 2.45) is 7.05 Å². The first kappa shape index (κ1) is 30.6. The molecule has 2 aromatic carbocycles. The van der Waals surface area contributed by atoms with E-state index in [1.54, 1.807) is 28.6 Å². The molecule has 47 heavy (non-hydrogen) atoms. The normalized spacial score (nSPS) is 14.6. The van der Waals surface area contributed by atoms with E-state index in [0.29, 0.717) is 39.6 Å². The number of benzene rings is 2. The van der Waals surface area contributed by atoms with Gasteiger partial charge in [-0.05, 0) is 36.6 Å². The van der Waals surface area contributed by atoms with Gasteiger partial charge < -0.3 is 14.4 Å². The third-order valence-electron chi connectivity index (χ3n) is 8.34. The second-order valence-electron chi connectivity index (χ2n) is 11.4. The Labute approximate surface area is 271 Å². The quantitative estimate of drug-likeness (QED) is 0.131. The van der Waals surface area contributed by atoms with Crippen molar-refractivity contribution < 1.29 is 27.4 Å². The van der Waals surface area contributed by atoms with Crippen LogP contribution in [-0.4, -0.2) is 61.7 Å². The number of hydrogen-bond acceptors (Lipinski definition) is 7. The van der Waals surface area contributed by atoms with Crippen LogP contribution in [0.4, 0.5) is 13.2 Å². The van der Waals surface area contributed by atoms with Gasteiger partial charge in [0.25, 0.3) is 5.91 Å². The number of nitrogens with zero attached hydrogens (tertiary/aromatic N) is 6. The predicted octanol–water partition coefficient (Wildman–Crippen LogP) is 6.90. The number of carbonyl (C=O) groups is 1. The third-order valence-corrected chi connectivity index (χ3v) is 9.27. The number of aryl methyl sites for hydroxylation is 1. The van der Waals surface area contributed by atoms with Gasteiger partial charge >= 0.3 is 0 Å². The number of halogens is 3. The van der Waals surface area contributed by atoms with E-state index >= 15 is 4.39 Å². The summed E-state index contributed by atoms with van der Waals surface area (Å²) < 4.78 is 59.8. The maximum absolute atomic E-state index is 16.0. The van der Waals surface area contributed by atoms with Crippen LogP contribution in [0.5, 0.6) is 5.75 Å². The highest BCUT2D eigenvalue weighted by Crippen LogP contribution is 2.47. The number of carbonyl (C=O) groups excluding carboxylic acids is 1. The Morgan fingerprint density at radius 3 is 2.72 bits per heavy atom. The minimum absolute atomic E-state index is 0.00217. The summed E-state index contributed by atoms with van der Waals surface area (Å²) in [6, 6.07) is 11.2. The highest BCUT2D eigenvalue weighted by atomic mass is 32.1. The minimum Gasteiger partial charge on any atom is -0.490 e. The average molecular weight is 659 g/mol. The molecule has 0 saturated heterocycles. The number of pyridine rings is 1. The Morgan fingerprint density at radius 1 is 1.11 bits per heavy atom. The number of hydrogen-bond donors (Lipinski definition) is 0. The van der Waals surface area contributed by atoms with E-state index in [9.17, 15) is 13.6 Å². The molecule has 0 spiro atoms. The van der Waals surface area contributed by atoms with Gasteiger partial charge in [-0.15, -0.1) is 11.3 Å². The number of fused-ring (bicyclic) bond motifs is 3. The van der Waals surface area contributed by atoms with E-state index < -0.39 is 23.4 Å². The molecule has 1 aliphatic heterocycles. The van der Waals surface area contributed by atoms with E-state index in [0.717, 1.165) is 34.0 Å². The molecule has 0 radical (unpaired) electrons. The molecule has 0 fully saturated rings. The minimum atomic E-state index is -1.04. The Hall–Kier alpha value is -5.01. The zero-order valence-corrected chi connectivity index (χ0v) is 26.6. The lowest BCUT2D eigenvalue weighted by molar-refractivity contribution is -0.132. The first-order valence-corrected chi connectivity index (χ1v) is 15.7. The van der Waals surface area contributed by atoms with Crippen molar-refractivity contribution in [2.75, 3.05) is 20.3 Å². The molecular weight excluding hydrogens is 629 g/mol. The van der Waals surface area contributed by atoms with Crippen molar-refractivity contribution in [1.29, 1.82) is 0 Å². The van der Waals surface area contributed by atoms with E-state index in [1.807, 2.05) is 36.7 Å². The van der Waals surface area contributed by atoms with Gasteiger partial charge in [0.2, 0.25) is 0 Å². The largest absolute Gasteiger partial charge is 0.490 e. The van der Waals surface area contributed by atoms with E-state index in [4.69, 9.17) is 19.6 Å². The van der Waals surface area contributed by atoms with E-state index in [1.165, 1.54) is 23.3 Å². The van der Waals surface area contributed by atoms with Crippen molar-refractivity contribution in [3.05, 3.63) is 83.8 Å². The van der Waals surface area contributed by atoms with Gasteiger partial charge in [-0.1, -0.05) is 12.6 Å². The first-order chi connectivity index (χ1) is 22.6. The lowest BCUT2D eigenvalue weighted by Crippen LogP contribution is -2.45. The summed E-state index contributed by atoms with van der Waals surface area (Å²) in [6.07, 6.45) is 1.78. The molecule has 0 N–H and O–H groups in total. The molecule has 1 amide bonds. The Bertz CT molecular complexity index is 2210. The predicted molar refractivity (Wildman–Crippen MR) is 174 cm³/mol. The number of amides is 1. The second kappa shape index (κ2) is 12.0. The Morgan fingerprint density at radius 2 is 1.94 bits per heavy atom. The van der Waals surface area contributed by atoms with Crippen molar-refractivity contribution in [2.45, 2.75) is 26.1 Å². The molecule has 0 bridgehead atoms. The number of ether oxygens (including phenoxy) is 2. The lowest BCUT2D eigenvalue weighted by Gasteiger charge is -2.33. The highest BCUT2D eigenvalue weighted by Gasteiger charge is 2.32. The second-order valence-corrected chi connectivity index (χ2v) is 12.3. The SMILES string of the molecule is C=C(F)C(=O)N1Cc2cc(-c3nc(-c4ccc5c(cnn5C)c4)c4ccsc4c3-c3c(F)cc(F)cc3OCCOC)nn2CC1C. The standard InChI is InChI=1S/C34H29F3N6O3S/c1-18-16-43-23(17-42(18)34(44)19(2)35)14-26(40-43)32-30(29-25(37)12-22(36)13-28(29)46-9-8-45-4)33-24(7-10-47-33)31(39-32)20-5-6-27-21(11-20)15-38-41(27)3/h5-7,10-15,18H,2,8-9,16-17H2,1,3-4H3. The van der Waals surface area contributed by atoms with Gasteiger partial charge in [-0.3, -0.25) is 14.2 Å². The fraction of sp³-hybridized carbons (Fsp3) is 0.235. The molecule has 1 unspecified atom stereocenters. The molecule has 6 aromatic rings. The van der Waals surface area contributed by atoms with Crippen LogP contribution < -0.4 is 4.74 Å². The van der Waals surface area contributed by atoms with E-state index in [-0.39, 0.29) is 37.1 Å². The summed E-state index contributed by atoms with van der Waals surface area (Å²) in [6.45, 7) is 5.63. The van der Waals surface area contributed by atoms with Gasteiger partial charge in [0.05, 0.1) is 48.4 Å². The molecule has 5 heterocycles. The van der Waals surface area contributed by atoms with Crippen LogP contribution in [0.25, 0.3) is 54.8 Å². The summed E-state index contributed by atoms with van der Waals surface area (Å²) in [5.41, 5.74) is 4.21. The van der Waals surface area contributed by atoms with Crippen LogP contribution in [0.1, 0.15) is 12.6 Å². The number of rotatable bonds is 8. The molecule has 13 heteroatoms. The molecule has 0 saturated carbocycles. The van der Waals surface area contributed by atoms with Crippen LogP contribution >= 0.6 is 11.3 Å². The molecule has 1 atom stereocenters. The Kier molecular flexibility index (Phi) is 7.80. The van der Waals surface area contributed by atoms with Gasteiger partial charge in [0.1, 0.15) is 35.4 Å². The fourth-order valence-corrected chi connectivity index (χ4v) is 7.03. The molecule has 240 valence electrons. The van der Waals surface area contributed by atoms with Crippen molar-refractivity contribution in [1.82, 2.24) is 29.4 Å². The summed E-state index contributed by atoms with van der Waals surface area (Å²) in [4.78, 5) is 19.1. The topological polar surface area (TPSA) is 87.3 Å².